The van der Waals surface area contributed by atoms with E-state index in [-0.39, 0.29) is 23.8 Å². The number of allylic oxidation sites excluding steroid dienone is 2. The van der Waals surface area contributed by atoms with Crippen molar-refractivity contribution in [2.45, 2.75) is 58.5 Å². The Morgan fingerprint density at radius 1 is 0.735 bits per heavy atom. The molecular weight excluding hydrogens is 424 g/mol. The minimum Gasteiger partial charge on any atom is -0.469 e. The van der Waals surface area contributed by atoms with E-state index in [1.54, 1.807) is 0 Å². The molecule has 0 amide bonds. The van der Waals surface area contributed by atoms with Crippen LogP contribution in [0, 0.1) is 94.7 Å². The monoisotopic (exact) mass is 464 g/mol. The van der Waals surface area contributed by atoms with Crippen LogP contribution in [-0.4, -0.2) is 24.6 Å². The van der Waals surface area contributed by atoms with Crippen LogP contribution in [0.25, 0.3) is 0 Å². The Morgan fingerprint density at radius 2 is 1.24 bits per heavy atom. The smallest absolute Gasteiger partial charge is 0.310 e. The van der Waals surface area contributed by atoms with E-state index in [1.165, 1.54) is 26.4 Å². The number of ether oxygens (including phenoxy) is 2. The van der Waals surface area contributed by atoms with E-state index in [1.807, 2.05) is 20.8 Å². The molecule has 0 saturated heterocycles. The molecule has 16 unspecified atom stereocenters. The van der Waals surface area contributed by atoms with E-state index in [9.17, 15) is 9.59 Å². The molecule has 8 bridgehead atoms. The maximum absolute atomic E-state index is 13.5. The van der Waals surface area contributed by atoms with Crippen LogP contribution in [0.4, 0.5) is 0 Å². The van der Waals surface area contributed by atoms with Crippen LogP contribution >= 0.6 is 0 Å². The highest BCUT2D eigenvalue weighted by Gasteiger charge is 2.77. The van der Waals surface area contributed by atoms with Gasteiger partial charge in [-0.15, -0.1) is 0 Å². The van der Waals surface area contributed by atoms with Gasteiger partial charge in [-0.3, -0.25) is 9.59 Å². The van der Waals surface area contributed by atoms with Crippen LogP contribution < -0.4 is 0 Å². The Balaban J connectivity index is 1.13. The van der Waals surface area contributed by atoms with Gasteiger partial charge in [0.1, 0.15) is 5.60 Å². The molecule has 16 atom stereocenters. The summed E-state index contributed by atoms with van der Waals surface area (Å²) in [7, 11) is 1.48. The highest BCUT2D eigenvalue weighted by Crippen LogP contribution is 2.81. The second-order valence-electron chi connectivity index (χ2n) is 14.6. The van der Waals surface area contributed by atoms with E-state index in [4.69, 9.17) is 9.47 Å². The van der Waals surface area contributed by atoms with Gasteiger partial charge >= 0.3 is 11.9 Å². The molecule has 0 aromatic heterocycles. The third-order valence-corrected chi connectivity index (χ3v) is 12.8. The summed E-state index contributed by atoms with van der Waals surface area (Å²) in [4.78, 5) is 26.0. The Bertz CT molecular complexity index is 977. The number of hydrogen-bond acceptors (Lipinski definition) is 4. The first-order valence-electron chi connectivity index (χ1n) is 14.2. The van der Waals surface area contributed by atoms with Gasteiger partial charge < -0.3 is 9.47 Å². The largest absolute Gasteiger partial charge is 0.469 e. The zero-order chi connectivity index (χ0) is 23.3. The van der Waals surface area contributed by atoms with Gasteiger partial charge in [-0.2, -0.15) is 0 Å². The standard InChI is InChI=1S/C30H40O4/c1-30(2,3)34-29(32)28-15(11-21(31)33-4)14-8-20(28)27-19-10-18(24(14)27)25-16-9-17(26(19)25)23-13-6-5-12(7-13)22(16)23/h5-6,12-20,22-28H,7-11H2,1-4H3. The van der Waals surface area contributed by atoms with Gasteiger partial charge in [0.25, 0.3) is 0 Å². The molecule has 8 rings (SSSR count). The molecule has 4 heteroatoms. The number of fused-ring (bicyclic) bond motifs is 23. The number of carbonyl (C=O) groups excluding carboxylic acids is 2. The minimum atomic E-state index is -0.483. The molecule has 0 aromatic rings. The lowest BCUT2D eigenvalue weighted by Gasteiger charge is -2.51. The van der Waals surface area contributed by atoms with Crippen molar-refractivity contribution in [2.24, 2.45) is 94.7 Å². The fraction of sp³-hybridized carbons (Fsp3) is 0.867. The van der Waals surface area contributed by atoms with Crippen molar-refractivity contribution >= 4 is 11.9 Å². The lowest BCUT2D eigenvalue weighted by atomic mass is 9.53. The van der Waals surface area contributed by atoms with Crippen molar-refractivity contribution in [3.8, 4) is 0 Å². The molecule has 0 heterocycles. The van der Waals surface area contributed by atoms with E-state index in [2.05, 4.69) is 12.2 Å². The SMILES string of the molecule is COC(=O)CC1C2CC(C1C(=O)OC(C)(C)C)C1C3CC(C21)C1C2CC(C4C5C=CC(C5)C24)C31. The van der Waals surface area contributed by atoms with Gasteiger partial charge in [0.05, 0.1) is 13.0 Å². The summed E-state index contributed by atoms with van der Waals surface area (Å²) in [6, 6.07) is 0. The maximum atomic E-state index is 13.5. The lowest BCUT2D eigenvalue weighted by molar-refractivity contribution is -0.168. The summed E-state index contributed by atoms with van der Waals surface area (Å²) in [6.45, 7) is 5.90. The summed E-state index contributed by atoms with van der Waals surface area (Å²) in [5.41, 5.74) is -0.483. The summed E-state index contributed by atoms with van der Waals surface area (Å²) in [6.07, 6.45) is 11.0. The lowest BCUT2D eigenvalue weighted by Crippen LogP contribution is -2.50. The summed E-state index contributed by atoms with van der Waals surface area (Å²) in [5, 5.41) is 0. The van der Waals surface area contributed by atoms with Gasteiger partial charge in [-0.1, -0.05) is 12.2 Å². The van der Waals surface area contributed by atoms with Crippen molar-refractivity contribution in [1.29, 1.82) is 0 Å². The second-order valence-corrected chi connectivity index (χ2v) is 14.6. The van der Waals surface area contributed by atoms with Crippen molar-refractivity contribution < 1.29 is 19.1 Å². The molecule has 184 valence electrons. The normalized spacial score (nSPS) is 58.4. The third-order valence-electron chi connectivity index (χ3n) is 12.8. The molecule has 7 saturated carbocycles. The Kier molecular flexibility index (Phi) is 3.99. The molecule has 34 heavy (non-hydrogen) atoms. The van der Waals surface area contributed by atoms with Gasteiger partial charge in [0.15, 0.2) is 0 Å². The number of hydrogen-bond donors (Lipinski definition) is 0. The fourth-order valence-corrected chi connectivity index (χ4v) is 12.9. The van der Waals surface area contributed by atoms with Crippen LogP contribution in [0.2, 0.25) is 0 Å². The number of methoxy groups -OCH3 is 1. The average Bonchev–Trinajstić information content (AvgIpc) is 3.58. The topological polar surface area (TPSA) is 52.6 Å². The van der Waals surface area contributed by atoms with Crippen molar-refractivity contribution in [2.75, 3.05) is 7.11 Å². The predicted molar refractivity (Wildman–Crippen MR) is 126 cm³/mol. The minimum absolute atomic E-state index is 0.0436. The third kappa shape index (κ3) is 2.37. The molecule has 0 spiro atoms. The number of esters is 2. The highest BCUT2D eigenvalue weighted by molar-refractivity contribution is 5.77. The molecule has 0 aromatic carbocycles. The predicted octanol–water partition coefficient (Wildman–Crippen LogP) is 4.98. The van der Waals surface area contributed by atoms with E-state index < -0.39 is 5.60 Å². The number of carbonyl (C=O) groups is 2. The summed E-state index contributed by atoms with van der Waals surface area (Å²) < 4.78 is 11.1. The van der Waals surface area contributed by atoms with Gasteiger partial charge in [0, 0.05) is 6.42 Å². The van der Waals surface area contributed by atoms with Crippen LogP contribution in [0.15, 0.2) is 12.2 Å². The maximum Gasteiger partial charge on any atom is 0.310 e. The van der Waals surface area contributed by atoms with Crippen LogP contribution in [0.1, 0.15) is 52.9 Å². The quantitative estimate of drug-likeness (QED) is 0.336. The Labute approximate surface area is 203 Å². The Morgan fingerprint density at radius 3 is 1.79 bits per heavy atom. The highest BCUT2D eigenvalue weighted by atomic mass is 16.6. The molecule has 0 N–H and O–H groups in total. The molecule has 0 aliphatic heterocycles. The molecule has 8 aliphatic carbocycles. The van der Waals surface area contributed by atoms with Crippen molar-refractivity contribution in [1.82, 2.24) is 0 Å². The van der Waals surface area contributed by atoms with Gasteiger partial charge in [-0.05, 0) is 135 Å². The van der Waals surface area contributed by atoms with Gasteiger partial charge in [0.2, 0.25) is 0 Å². The van der Waals surface area contributed by atoms with E-state index in [0.29, 0.717) is 24.2 Å². The van der Waals surface area contributed by atoms with Crippen LogP contribution in [-0.2, 0) is 19.1 Å². The average molecular weight is 465 g/mol. The fourth-order valence-electron chi connectivity index (χ4n) is 12.9. The van der Waals surface area contributed by atoms with E-state index >= 15 is 0 Å². The molecule has 0 radical (unpaired) electrons. The summed E-state index contributed by atoms with van der Waals surface area (Å²) in [5.74, 6) is 11.4. The van der Waals surface area contributed by atoms with Gasteiger partial charge in [-0.25, -0.2) is 0 Å². The molecule has 8 aliphatic rings. The summed E-state index contributed by atoms with van der Waals surface area (Å²) >= 11 is 0. The first kappa shape index (κ1) is 20.8. The first-order valence-corrected chi connectivity index (χ1v) is 14.2. The molecular formula is C30H40O4. The second kappa shape index (κ2) is 6.51. The zero-order valence-corrected chi connectivity index (χ0v) is 21.1. The molecule has 7 fully saturated rings. The van der Waals surface area contributed by atoms with Crippen molar-refractivity contribution in [3.63, 3.8) is 0 Å². The van der Waals surface area contributed by atoms with E-state index in [0.717, 1.165) is 71.5 Å². The van der Waals surface area contributed by atoms with Crippen molar-refractivity contribution in [3.05, 3.63) is 12.2 Å². The first-order chi connectivity index (χ1) is 16.3. The Hall–Kier alpha value is -1.32. The number of rotatable bonds is 3. The van der Waals surface area contributed by atoms with Crippen LogP contribution in [0.3, 0.4) is 0 Å². The zero-order valence-electron chi connectivity index (χ0n) is 21.1. The molecule has 4 nitrogen and oxygen atoms in total. The van der Waals surface area contributed by atoms with Crippen LogP contribution in [0.5, 0.6) is 0 Å².